The minimum atomic E-state index is -0.862. The fraction of sp³-hybridized carbons (Fsp3) is 0.640. The van der Waals surface area contributed by atoms with E-state index >= 15 is 0 Å². The number of hydrogen-bond donors (Lipinski definition) is 4. The lowest BCUT2D eigenvalue weighted by atomic mass is 9.81. The standard InChI is InChI=1S/C25H43NO5/c1-8-9-11-18(4)24(31-25(26)30)21(7)23(29)20(6)15-16(2)14-19(5)22(28)17(3)12-10-13-27/h8-12,14,17-24,27-29H,1,13,15H2,2-7H3,(H2,26,30)/b11-9-,12-10-,16-14-/t17-,18-,19-,20-,21-,22-,23+,24-/m0/s1. The summed E-state index contributed by atoms with van der Waals surface area (Å²) in [5.41, 5.74) is 6.32. The summed E-state index contributed by atoms with van der Waals surface area (Å²) in [5.74, 6) is -0.702. The second kappa shape index (κ2) is 15.0. The number of primary amides is 1. The van der Waals surface area contributed by atoms with Gasteiger partial charge in [0.05, 0.1) is 18.8 Å². The maximum atomic E-state index is 11.4. The van der Waals surface area contributed by atoms with Crippen LogP contribution in [0.1, 0.15) is 48.0 Å². The zero-order valence-electron chi connectivity index (χ0n) is 19.9. The topological polar surface area (TPSA) is 113 Å². The highest BCUT2D eigenvalue weighted by molar-refractivity contribution is 5.64. The van der Waals surface area contributed by atoms with Crippen molar-refractivity contribution in [2.45, 2.75) is 66.3 Å². The van der Waals surface area contributed by atoms with Crippen LogP contribution in [0.3, 0.4) is 0 Å². The third-order valence-electron chi connectivity index (χ3n) is 5.77. The number of carbonyl (C=O) groups is 1. The van der Waals surface area contributed by atoms with Crippen LogP contribution in [0, 0.1) is 29.6 Å². The molecule has 1 amide bonds. The molecule has 0 aliphatic heterocycles. The van der Waals surface area contributed by atoms with Gasteiger partial charge >= 0.3 is 6.09 Å². The first-order chi connectivity index (χ1) is 14.5. The van der Waals surface area contributed by atoms with Crippen LogP contribution >= 0.6 is 0 Å². The summed E-state index contributed by atoms with van der Waals surface area (Å²) >= 11 is 0. The monoisotopic (exact) mass is 437 g/mol. The Morgan fingerprint density at radius 1 is 1.03 bits per heavy atom. The molecule has 0 heterocycles. The molecule has 6 heteroatoms. The molecular weight excluding hydrogens is 394 g/mol. The van der Waals surface area contributed by atoms with Gasteiger partial charge in [-0.3, -0.25) is 0 Å². The first kappa shape index (κ1) is 29.1. The Hall–Kier alpha value is -1.89. The van der Waals surface area contributed by atoms with Crippen molar-refractivity contribution in [3.63, 3.8) is 0 Å². The molecule has 5 N–H and O–H groups in total. The van der Waals surface area contributed by atoms with Crippen molar-refractivity contribution in [2.24, 2.45) is 35.3 Å². The van der Waals surface area contributed by atoms with E-state index in [1.54, 1.807) is 24.3 Å². The molecular formula is C25H43NO5. The highest BCUT2D eigenvalue weighted by Crippen LogP contribution is 2.28. The van der Waals surface area contributed by atoms with Gasteiger partial charge in [-0.25, -0.2) is 4.79 Å². The van der Waals surface area contributed by atoms with Crippen LogP contribution in [-0.4, -0.2) is 46.3 Å². The fourth-order valence-electron chi connectivity index (χ4n) is 4.02. The van der Waals surface area contributed by atoms with E-state index in [9.17, 15) is 15.0 Å². The van der Waals surface area contributed by atoms with Gasteiger partial charge < -0.3 is 25.8 Å². The van der Waals surface area contributed by atoms with E-state index in [0.717, 1.165) is 5.57 Å². The fourth-order valence-corrected chi connectivity index (χ4v) is 4.02. The molecule has 0 aromatic heterocycles. The molecule has 0 rings (SSSR count). The molecule has 0 aromatic rings. The van der Waals surface area contributed by atoms with Crippen molar-refractivity contribution in [1.29, 1.82) is 0 Å². The first-order valence-electron chi connectivity index (χ1n) is 11.0. The zero-order chi connectivity index (χ0) is 24.1. The summed E-state index contributed by atoms with van der Waals surface area (Å²) in [5, 5.41) is 30.3. The predicted octanol–water partition coefficient (Wildman–Crippen LogP) is 3.98. The van der Waals surface area contributed by atoms with E-state index < -0.39 is 24.4 Å². The number of amides is 1. The lowest BCUT2D eigenvalue weighted by Crippen LogP contribution is -2.41. The third-order valence-corrected chi connectivity index (χ3v) is 5.77. The van der Waals surface area contributed by atoms with Crippen LogP contribution in [0.2, 0.25) is 0 Å². The molecule has 178 valence electrons. The van der Waals surface area contributed by atoms with Gasteiger partial charge in [-0.15, -0.1) is 0 Å². The van der Waals surface area contributed by atoms with Crippen LogP contribution in [0.5, 0.6) is 0 Å². The molecule has 6 nitrogen and oxygen atoms in total. The smallest absolute Gasteiger partial charge is 0.404 e. The van der Waals surface area contributed by atoms with Gasteiger partial charge in [0.2, 0.25) is 0 Å². The normalized spacial score (nSPS) is 20.6. The Morgan fingerprint density at radius 2 is 1.65 bits per heavy atom. The number of aliphatic hydroxyl groups excluding tert-OH is 3. The number of carbonyl (C=O) groups excluding carboxylic acids is 1. The Kier molecular flexibility index (Phi) is 14.1. The molecule has 0 aromatic carbocycles. The molecule has 0 spiro atoms. The summed E-state index contributed by atoms with van der Waals surface area (Å²) in [6, 6.07) is 0. The molecule has 8 atom stereocenters. The first-order valence-corrected chi connectivity index (χ1v) is 11.0. The number of aliphatic hydroxyl groups is 3. The molecule has 0 aliphatic rings. The lowest BCUT2D eigenvalue weighted by Gasteiger charge is -2.33. The predicted molar refractivity (Wildman–Crippen MR) is 126 cm³/mol. The van der Waals surface area contributed by atoms with Crippen molar-refractivity contribution in [2.75, 3.05) is 6.61 Å². The van der Waals surface area contributed by atoms with Crippen molar-refractivity contribution in [3.05, 3.63) is 48.6 Å². The quantitative estimate of drug-likeness (QED) is 0.242. The van der Waals surface area contributed by atoms with E-state index in [-0.39, 0.29) is 36.2 Å². The SMILES string of the molecule is C=C/C=C\[C@H](C)[C@H](OC(N)=O)[C@@H](C)[C@H](O)[C@@H](C)C/C(C)=C\[C@H](C)[C@@H](O)[C@@H](C)/C=C\CO. The van der Waals surface area contributed by atoms with Crippen molar-refractivity contribution in [1.82, 2.24) is 0 Å². The van der Waals surface area contributed by atoms with E-state index in [1.807, 2.05) is 53.7 Å². The summed E-state index contributed by atoms with van der Waals surface area (Å²) in [4.78, 5) is 11.4. The number of allylic oxidation sites excluding steroid dienone is 3. The Bertz CT molecular complexity index is 627. The van der Waals surface area contributed by atoms with Crippen LogP contribution in [0.15, 0.2) is 48.6 Å². The highest BCUT2D eigenvalue weighted by atomic mass is 16.6. The Balaban J connectivity index is 5.20. The lowest BCUT2D eigenvalue weighted by molar-refractivity contribution is -0.0266. The highest BCUT2D eigenvalue weighted by Gasteiger charge is 2.33. The van der Waals surface area contributed by atoms with Gasteiger partial charge in [0.15, 0.2) is 0 Å². The summed E-state index contributed by atoms with van der Waals surface area (Å²) in [7, 11) is 0. The van der Waals surface area contributed by atoms with Gasteiger partial charge in [0.1, 0.15) is 6.10 Å². The average Bonchev–Trinajstić information content (AvgIpc) is 2.71. The molecule has 0 saturated carbocycles. The summed E-state index contributed by atoms with van der Waals surface area (Å²) in [6.07, 6.45) is 8.70. The van der Waals surface area contributed by atoms with E-state index in [2.05, 4.69) is 6.58 Å². The third kappa shape index (κ3) is 10.8. The summed E-state index contributed by atoms with van der Waals surface area (Å²) in [6.45, 7) is 15.2. The summed E-state index contributed by atoms with van der Waals surface area (Å²) < 4.78 is 5.32. The van der Waals surface area contributed by atoms with Gasteiger partial charge in [0, 0.05) is 23.7 Å². The number of nitrogens with two attached hydrogens (primary N) is 1. The van der Waals surface area contributed by atoms with E-state index in [0.29, 0.717) is 6.42 Å². The average molecular weight is 438 g/mol. The van der Waals surface area contributed by atoms with Crippen LogP contribution in [-0.2, 0) is 4.74 Å². The van der Waals surface area contributed by atoms with E-state index in [1.165, 1.54) is 0 Å². The van der Waals surface area contributed by atoms with Crippen molar-refractivity contribution >= 4 is 6.09 Å². The molecule has 0 saturated heterocycles. The molecule has 0 radical (unpaired) electrons. The largest absolute Gasteiger partial charge is 0.445 e. The minimum Gasteiger partial charge on any atom is -0.445 e. The number of ether oxygens (including phenoxy) is 1. The van der Waals surface area contributed by atoms with Crippen LogP contribution in [0.25, 0.3) is 0 Å². The maximum absolute atomic E-state index is 11.4. The zero-order valence-corrected chi connectivity index (χ0v) is 19.9. The molecule has 0 fully saturated rings. The van der Waals surface area contributed by atoms with E-state index in [4.69, 9.17) is 15.6 Å². The second-order valence-electron chi connectivity index (χ2n) is 8.74. The van der Waals surface area contributed by atoms with Gasteiger partial charge in [-0.1, -0.05) is 83.2 Å². The van der Waals surface area contributed by atoms with Crippen LogP contribution in [0.4, 0.5) is 4.79 Å². The maximum Gasteiger partial charge on any atom is 0.404 e. The second-order valence-corrected chi connectivity index (χ2v) is 8.74. The molecule has 31 heavy (non-hydrogen) atoms. The van der Waals surface area contributed by atoms with Crippen molar-refractivity contribution < 1.29 is 24.9 Å². The molecule has 0 unspecified atom stereocenters. The Labute approximate surface area is 188 Å². The number of hydrogen-bond acceptors (Lipinski definition) is 5. The Morgan fingerprint density at radius 3 is 2.16 bits per heavy atom. The van der Waals surface area contributed by atoms with Gasteiger partial charge in [-0.2, -0.15) is 0 Å². The van der Waals surface area contributed by atoms with Gasteiger partial charge in [-0.05, 0) is 19.3 Å². The van der Waals surface area contributed by atoms with Crippen LogP contribution < -0.4 is 5.73 Å². The van der Waals surface area contributed by atoms with Gasteiger partial charge in [0.25, 0.3) is 0 Å². The molecule has 0 bridgehead atoms. The van der Waals surface area contributed by atoms with Crippen molar-refractivity contribution in [3.8, 4) is 0 Å². The number of rotatable bonds is 14. The molecule has 0 aliphatic carbocycles. The minimum absolute atomic E-state index is 0.0453.